The van der Waals surface area contributed by atoms with Crippen molar-refractivity contribution in [1.82, 2.24) is 0 Å². The van der Waals surface area contributed by atoms with Crippen LogP contribution in [0.2, 0.25) is 0 Å². The molecule has 0 spiro atoms. The van der Waals surface area contributed by atoms with Crippen LogP contribution in [0.4, 0.5) is 0 Å². The predicted molar refractivity (Wildman–Crippen MR) is 27.0 cm³/mol. The number of halogens is 1. The van der Waals surface area contributed by atoms with Crippen molar-refractivity contribution in [1.29, 1.82) is 0 Å². The van der Waals surface area contributed by atoms with Crippen LogP contribution in [0.25, 0.3) is 0 Å². The van der Waals surface area contributed by atoms with E-state index in [0.717, 1.165) is 0 Å². The molecule has 0 aromatic rings. The van der Waals surface area contributed by atoms with E-state index in [1.165, 1.54) is 0 Å². The molecule has 0 rings (SSSR count). The van der Waals surface area contributed by atoms with Crippen LogP contribution in [0.3, 0.4) is 0 Å². The second kappa shape index (κ2) is 32.3. The molecule has 0 atom stereocenters. The maximum Gasteiger partial charge on any atom is 4.00 e. The zero-order valence-corrected chi connectivity index (χ0v) is 9.42. The zero-order chi connectivity index (χ0) is 4.28. The topological polar surface area (TPSA) is 129 Å². The maximum atomic E-state index is 9.13. The average molecular weight is 264 g/mol. The minimum Gasteiger partial charge on any atom is -1.00 e. The Kier molecular flexibility index (Phi) is 141. The molecular weight excluding hydrogens is 256 g/mol. The normalized spacial score (nSPS) is 3.70. The first-order valence-corrected chi connectivity index (χ1v) is 1.17. The maximum absolute atomic E-state index is 9.13. The number of hydrogen-bond acceptors (Lipinski definition) is 3. The summed E-state index contributed by atoms with van der Waals surface area (Å²) in [6, 6.07) is 0. The Morgan fingerprint density at radius 2 is 1.50 bits per heavy atom. The van der Waals surface area contributed by atoms with E-state index in [9.17, 15) is 0 Å². The van der Waals surface area contributed by atoms with Crippen molar-refractivity contribution >= 4 is 23.3 Å². The van der Waals surface area contributed by atoms with Crippen LogP contribution in [0.5, 0.6) is 0 Å². The quantitative estimate of drug-likeness (QED) is 0.472. The van der Waals surface area contributed by atoms with Gasteiger partial charge >= 0.3 is 43.6 Å². The Hall–Kier alpha value is 1.06. The van der Waals surface area contributed by atoms with Crippen LogP contribution in [0.1, 0.15) is 0 Å². The van der Waals surface area contributed by atoms with Crippen molar-refractivity contribution in [3.8, 4) is 0 Å². The van der Waals surface area contributed by atoms with Gasteiger partial charge in [0, 0.05) is 6.54 Å². The Morgan fingerprint density at radius 1 is 1.40 bits per heavy atom. The molecule has 0 saturated carbocycles. The largest absolute Gasteiger partial charge is 4.00 e. The fourth-order valence-electron chi connectivity index (χ4n) is 0. The number of carbonyl (C=O) groups excluding carboxylic acids is 1. The number of rotatable bonds is 1. The molecule has 0 aromatic heterocycles. The fourth-order valence-corrected chi connectivity index (χ4v) is 0. The summed E-state index contributed by atoms with van der Waals surface area (Å²) in [6.07, 6.45) is 0. The van der Waals surface area contributed by atoms with Crippen molar-refractivity contribution in [2.45, 2.75) is 0 Å². The van der Waals surface area contributed by atoms with Crippen molar-refractivity contribution in [3.05, 3.63) is 0 Å². The number of aliphatic carboxylic acids is 1. The van der Waals surface area contributed by atoms with Crippen molar-refractivity contribution in [2.75, 3.05) is 6.54 Å². The summed E-state index contributed by atoms with van der Waals surface area (Å²) < 4.78 is 0. The first-order valence-electron chi connectivity index (χ1n) is 1.17. The van der Waals surface area contributed by atoms with Gasteiger partial charge in [-0.15, -0.1) is 0 Å². The van der Waals surface area contributed by atoms with Gasteiger partial charge in [0.25, 0.3) is 0 Å². The Morgan fingerprint density at radius 3 is 1.50 bits per heavy atom. The molecule has 0 saturated heterocycles. The third-order valence-electron chi connectivity index (χ3n) is 0.167. The summed E-state index contributed by atoms with van der Waals surface area (Å²) in [5.41, 5.74) is 4.51. The number of carboxylic acids is 1. The fraction of sp³-hybridized carbons (Fsp3) is 0.500. The second-order valence-corrected chi connectivity index (χ2v) is 0.576. The molecule has 0 unspecified atom stereocenters. The van der Waals surface area contributed by atoms with E-state index in [0.29, 0.717) is 0 Å². The summed E-state index contributed by atoms with van der Waals surface area (Å²) in [4.78, 5) is 9.13. The van der Waals surface area contributed by atoms with Crippen LogP contribution in [0, 0.1) is 0 Å². The van der Waals surface area contributed by atoms with Gasteiger partial charge in [-0.05, 0) is 0 Å². The van der Waals surface area contributed by atoms with E-state index in [-0.39, 0.29) is 73.5 Å². The molecular formula is C2H8AlClNO4Zr+5. The monoisotopic (exact) mass is 262 g/mol. The first kappa shape index (κ1) is 43.7. The van der Waals surface area contributed by atoms with E-state index in [4.69, 9.17) is 9.90 Å². The summed E-state index contributed by atoms with van der Waals surface area (Å²) in [7, 11) is 0. The molecule has 10 heavy (non-hydrogen) atoms. The SMILES string of the molecule is NCC(=O)[O-].O.O.[Al+3].[Cl-].[Zr+4]. The molecule has 0 fully saturated rings. The third kappa shape index (κ3) is 62.9. The minimum atomic E-state index is -1.22. The first-order chi connectivity index (χ1) is 2.27. The van der Waals surface area contributed by atoms with Gasteiger partial charge in [0.2, 0.25) is 0 Å². The predicted octanol–water partition coefficient (Wildman–Crippen LogP) is -7.33. The summed E-state index contributed by atoms with van der Waals surface area (Å²) >= 11 is 0. The second-order valence-electron chi connectivity index (χ2n) is 0.576. The standard InChI is InChI=1S/C2H5NO2.Al.ClH.2H2O.Zr/c3-1-2(4)5;;;;;/h1,3H2,(H,4,5);;1H;2*1H2;/q;+3;;;;+4/p-2. The van der Waals surface area contributed by atoms with Gasteiger partial charge in [-0.2, -0.15) is 0 Å². The molecule has 0 aliphatic carbocycles. The molecule has 0 aliphatic rings. The molecule has 5 nitrogen and oxygen atoms in total. The van der Waals surface area contributed by atoms with E-state index < -0.39 is 5.97 Å². The van der Waals surface area contributed by atoms with E-state index >= 15 is 0 Å². The summed E-state index contributed by atoms with van der Waals surface area (Å²) in [6.45, 7) is -0.389. The minimum absolute atomic E-state index is 0. The third-order valence-corrected chi connectivity index (χ3v) is 0.167. The average Bonchev–Trinajstić information content (AvgIpc) is 1.38. The number of carbonyl (C=O) groups is 1. The Balaban J connectivity index is -0.00000000800. The van der Waals surface area contributed by atoms with E-state index in [1.54, 1.807) is 0 Å². The van der Waals surface area contributed by atoms with Crippen molar-refractivity contribution in [3.63, 3.8) is 0 Å². The van der Waals surface area contributed by atoms with Crippen LogP contribution in [0.15, 0.2) is 0 Å². The molecule has 0 bridgehead atoms. The van der Waals surface area contributed by atoms with Crippen LogP contribution in [-0.4, -0.2) is 40.8 Å². The van der Waals surface area contributed by atoms with Gasteiger partial charge < -0.3 is 39.0 Å². The molecule has 0 radical (unpaired) electrons. The van der Waals surface area contributed by atoms with Crippen LogP contribution < -0.4 is 23.2 Å². The molecule has 0 heterocycles. The van der Waals surface area contributed by atoms with Crippen molar-refractivity contribution < 1.29 is 59.5 Å². The number of carboxylic acid groups (broad SMARTS) is 1. The Labute approximate surface area is 94.6 Å². The number of hydrogen-bond donors (Lipinski definition) is 1. The molecule has 0 aromatic carbocycles. The van der Waals surface area contributed by atoms with Gasteiger partial charge in [-0.1, -0.05) is 0 Å². The van der Waals surface area contributed by atoms with Crippen molar-refractivity contribution in [2.24, 2.45) is 5.73 Å². The van der Waals surface area contributed by atoms with Gasteiger partial charge in [0.15, 0.2) is 0 Å². The van der Waals surface area contributed by atoms with Crippen LogP contribution in [-0.2, 0) is 31.0 Å². The molecule has 8 heteroatoms. The number of nitrogens with two attached hydrogens (primary N) is 1. The van der Waals surface area contributed by atoms with Gasteiger partial charge in [-0.3, -0.25) is 0 Å². The molecule has 0 amide bonds. The molecule has 0 aliphatic heterocycles. The molecule has 54 valence electrons. The van der Waals surface area contributed by atoms with Crippen LogP contribution >= 0.6 is 0 Å². The van der Waals surface area contributed by atoms with Gasteiger partial charge in [-0.25, -0.2) is 0 Å². The smallest absolute Gasteiger partial charge is 1.00 e. The van der Waals surface area contributed by atoms with Gasteiger partial charge in [0.05, 0.1) is 5.97 Å². The molecule has 6 N–H and O–H groups in total. The van der Waals surface area contributed by atoms with Gasteiger partial charge in [0.1, 0.15) is 0 Å². The zero-order valence-electron chi connectivity index (χ0n) is 5.06. The summed E-state index contributed by atoms with van der Waals surface area (Å²) in [5, 5.41) is 9.13. The van der Waals surface area contributed by atoms with E-state index in [2.05, 4.69) is 5.73 Å². The Bertz CT molecular complexity index is 58.5. The van der Waals surface area contributed by atoms with E-state index in [1.807, 2.05) is 0 Å². The summed E-state index contributed by atoms with van der Waals surface area (Å²) in [5.74, 6) is -1.22.